The van der Waals surface area contributed by atoms with Crippen molar-refractivity contribution in [1.29, 1.82) is 0 Å². The van der Waals surface area contributed by atoms with Gasteiger partial charge in [0.1, 0.15) is 0 Å². The summed E-state index contributed by atoms with van der Waals surface area (Å²) >= 11 is 0. The molecule has 0 aromatic carbocycles. The van der Waals surface area contributed by atoms with Gasteiger partial charge in [0.15, 0.2) is 5.78 Å². The van der Waals surface area contributed by atoms with Crippen LogP contribution < -0.4 is 5.32 Å². The molecule has 1 N–H and O–H groups in total. The van der Waals surface area contributed by atoms with Crippen LogP contribution in [-0.2, 0) is 4.79 Å². The zero-order valence-corrected chi connectivity index (χ0v) is 10.3. The molecule has 1 atom stereocenters. The summed E-state index contributed by atoms with van der Waals surface area (Å²) in [5.41, 5.74) is -0.222. The fraction of sp³-hybridized carbons (Fsp3) is 0.917. The van der Waals surface area contributed by atoms with Gasteiger partial charge in [-0.3, -0.25) is 4.79 Å². The Morgan fingerprint density at radius 1 is 1.29 bits per heavy atom. The number of carbonyl (C=O) groups excluding carboxylic acids is 1. The highest BCUT2D eigenvalue weighted by molar-refractivity contribution is 5.88. The van der Waals surface area contributed by atoms with Gasteiger partial charge in [-0.1, -0.05) is 47.0 Å². The minimum atomic E-state index is -0.222. The standard InChI is InChI=1S/C12H25NO/c1-6-7-8-9-10(13-5)11(14)12(2,3)4/h10,13H,6-9H2,1-5H3. The van der Waals surface area contributed by atoms with E-state index in [2.05, 4.69) is 12.2 Å². The Hall–Kier alpha value is -0.370. The molecule has 0 rings (SSSR count). The maximum absolute atomic E-state index is 11.9. The van der Waals surface area contributed by atoms with E-state index in [1.54, 1.807) is 0 Å². The smallest absolute Gasteiger partial charge is 0.155 e. The number of unbranched alkanes of at least 4 members (excludes halogenated alkanes) is 2. The molecule has 0 amide bonds. The van der Waals surface area contributed by atoms with E-state index in [9.17, 15) is 4.79 Å². The highest BCUT2D eigenvalue weighted by Crippen LogP contribution is 2.19. The fourth-order valence-electron chi connectivity index (χ4n) is 1.53. The molecule has 84 valence electrons. The van der Waals surface area contributed by atoms with Crippen molar-refractivity contribution < 1.29 is 4.79 Å². The molecule has 0 aliphatic carbocycles. The molecule has 0 saturated heterocycles. The van der Waals surface area contributed by atoms with Crippen molar-refractivity contribution in [2.45, 2.75) is 59.4 Å². The first kappa shape index (κ1) is 13.6. The number of likely N-dealkylation sites (N-methyl/N-ethyl adjacent to an activating group) is 1. The zero-order valence-electron chi connectivity index (χ0n) is 10.3. The molecule has 0 aromatic rings. The summed E-state index contributed by atoms with van der Waals surface area (Å²) in [5, 5.41) is 3.12. The molecule has 0 aliphatic heterocycles. The van der Waals surface area contributed by atoms with Gasteiger partial charge in [0.25, 0.3) is 0 Å². The Morgan fingerprint density at radius 2 is 1.86 bits per heavy atom. The average molecular weight is 199 g/mol. The van der Waals surface area contributed by atoms with Crippen LogP contribution in [0.15, 0.2) is 0 Å². The minimum absolute atomic E-state index is 0.0431. The predicted molar refractivity (Wildman–Crippen MR) is 61.5 cm³/mol. The van der Waals surface area contributed by atoms with E-state index in [0.717, 1.165) is 12.8 Å². The molecule has 0 spiro atoms. The van der Waals surface area contributed by atoms with Crippen molar-refractivity contribution >= 4 is 5.78 Å². The van der Waals surface area contributed by atoms with Gasteiger partial charge in [0, 0.05) is 5.41 Å². The first-order valence-electron chi connectivity index (χ1n) is 5.65. The number of hydrogen-bond acceptors (Lipinski definition) is 2. The second-order valence-corrected chi connectivity index (χ2v) is 4.95. The molecule has 1 unspecified atom stereocenters. The summed E-state index contributed by atoms with van der Waals surface area (Å²) in [5.74, 6) is 0.330. The van der Waals surface area contributed by atoms with Crippen molar-refractivity contribution in [2.24, 2.45) is 5.41 Å². The summed E-state index contributed by atoms with van der Waals surface area (Å²) in [4.78, 5) is 11.9. The van der Waals surface area contributed by atoms with E-state index < -0.39 is 0 Å². The average Bonchev–Trinajstić information content (AvgIpc) is 2.10. The molecule has 0 fully saturated rings. The number of carbonyl (C=O) groups is 1. The second-order valence-electron chi connectivity index (χ2n) is 4.95. The second kappa shape index (κ2) is 6.18. The quantitative estimate of drug-likeness (QED) is 0.666. The highest BCUT2D eigenvalue weighted by atomic mass is 16.1. The van der Waals surface area contributed by atoms with Crippen LogP contribution in [0.2, 0.25) is 0 Å². The minimum Gasteiger partial charge on any atom is -0.311 e. The highest BCUT2D eigenvalue weighted by Gasteiger charge is 2.27. The molecular formula is C12H25NO. The van der Waals surface area contributed by atoms with E-state index in [0.29, 0.717) is 5.78 Å². The van der Waals surface area contributed by atoms with Crippen molar-refractivity contribution in [2.75, 3.05) is 7.05 Å². The summed E-state index contributed by atoms with van der Waals surface area (Å²) < 4.78 is 0. The normalized spacial score (nSPS) is 14.1. The van der Waals surface area contributed by atoms with Gasteiger partial charge in [-0.2, -0.15) is 0 Å². The monoisotopic (exact) mass is 199 g/mol. The van der Waals surface area contributed by atoms with Gasteiger partial charge in [-0.05, 0) is 13.5 Å². The summed E-state index contributed by atoms with van der Waals surface area (Å²) in [6.45, 7) is 8.14. The van der Waals surface area contributed by atoms with Crippen LogP contribution in [-0.4, -0.2) is 18.9 Å². The zero-order chi connectivity index (χ0) is 11.2. The van der Waals surface area contributed by atoms with Gasteiger partial charge < -0.3 is 5.32 Å². The maximum atomic E-state index is 11.9. The fourth-order valence-corrected chi connectivity index (χ4v) is 1.53. The number of Topliss-reactive ketones (excluding diaryl/α,β-unsaturated/α-hetero) is 1. The lowest BCUT2D eigenvalue weighted by Gasteiger charge is -2.24. The summed E-state index contributed by atoms with van der Waals surface area (Å²) in [6, 6.07) is 0.0431. The van der Waals surface area contributed by atoms with Crippen molar-refractivity contribution in [3.8, 4) is 0 Å². The Kier molecular flexibility index (Phi) is 6.01. The molecule has 0 radical (unpaired) electrons. The lowest BCUT2D eigenvalue weighted by molar-refractivity contribution is -0.128. The van der Waals surface area contributed by atoms with Gasteiger partial charge in [0.2, 0.25) is 0 Å². The third-order valence-electron chi connectivity index (χ3n) is 2.50. The Labute approximate surface area is 88.5 Å². The SMILES string of the molecule is CCCCCC(NC)C(=O)C(C)(C)C. The van der Waals surface area contributed by atoms with Crippen LogP contribution in [0.1, 0.15) is 53.4 Å². The lowest BCUT2D eigenvalue weighted by atomic mass is 9.85. The molecule has 0 aliphatic rings. The molecule has 2 heteroatoms. The van der Waals surface area contributed by atoms with E-state index in [-0.39, 0.29) is 11.5 Å². The number of hydrogen-bond donors (Lipinski definition) is 1. The third kappa shape index (κ3) is 4.75. The van der Waals surface area contributed by atoms with Crippen molar-refractivity contribution in [1.82, 2.24) is 5.32 Å². The third-order valence-corrected chi connectivity index (χ3v) is 2.50. The van der Waals surface area contributed by atoms with Gasteiger partial charge >= 0.3 is 0 Å². The van der Waals surface area contributed by atoms with Crippen molar-refractivity contribution in [3.63, 3.8) is 0 Å². The van der Waals surface area contributed by atoms with E-state index in [4.69, 9.17) is 0 Å². The largest absolute Gasteiger partial charge is 0.311 e. The van der Waals surface area contributed by atoms with Gasteiger partial charge in [-0.15, -0.1) is 0 Å². The first-order valence-corrected chi connectivity index (χ1v) is 5.65. The van der Waals surface area contributed by atoms with Crippen LogP contribution in [0, 0.1) is 5.41 Å². The molecule has 0 heterocycles. The molecule has 0 bridgehead atoms. The number of nitrogens with one attached hydrogen (secondary N) is 1. The summed E-state index contributed by atoms with van der Waals surface area (Å²) in [6.07, 6.45) is 4.54. The Bertz CT molecular complexity index is 170. The lowest BCUT2D eigenvalue weighted by Crippen LogP contribution is -2.41. The molecule has 2 nitrogen and oxygen atoms in total. The first-order chi connectivity index (χ1) is 6.43. The summed E-state index contributed by atoms with van der Waals surface area (Å²) in [7, 11) is 1.88. The van der Waals surface area contributed by atoms with Crippen LogP contribution in [0.5, 0.6) is 0 Å². The van der Waals surface area contributed by atoms with Crippen LogP contribution in [0.4, 0.5) is 0 Å². The molecule has 0 aromatic heterocycles. The maximum Gasteiger partial charge on any atom is 0.155 e. The van der Waals surface area contributed by atoms with E-state index >= 15 is 0 Å². The molecule has 0 saturated carbocycles. The van der Waals surface area contributed by atoms with Crippen LogP contribution in [0.25, 0.3) is 0 Å². The van der Waals surface area contributed by atoms with E-state index in [1.807, 2.05) is 27.8 Å². The van der Waals surface area contributed by atoms with Crippen LogP contribution >= 0.6 is 0 Å². The van der Waals surface area contributed by atoms with Crippen LogP contribution in [0.3, 0.4) is 0 Å². The van der Waals surface area contributed by atoms with Crippen molar-refractivity contribution in [3.05, 3.63) is 0 Å². The topological polar surface area (TPSA) is 29.1 Å². The van der Waals surface area contributed by atoms with Gasteiger partial charge in [0.05, 0.1) is 6.04 Å². The Morgan fingerprint density at radius 3 is 2.21 bits per heavy atom. The van der Waals surface area contributed by atoms with Gasteiger partial charge in [-0.25, -0.2) is 0 Å². The molecule has 14 heavy (non-hydrogen) atoms. The Balaban J connectivity index is 4.07. The number of ketones is 1. The predicted octanol–water partition coefficient (Wildman–Crippen LogP) is 2.77. The number of rotatable bonds is 6. The van der Waals surface area contributed by atoms with E-state index in [1.165, 1.54) is 12.8 Å². The molecular weight excluding hydrogens is 174 g/mol.